The van der Waals surface area contributed by atoms with Crippen LogP contribution in [0.2, 0.25) is 0 Å². The number of rotatable bonds is 8. The summed E-state index contributed by atoms with van der Waals surface area (Å²) in [7, 11) is 0. The molecule has 194 valence electrons. The Morgan fingerprint density at radius 1 is 0.769 bits per heavy atom. The standard InChI is InChI=1S/C36H33NO2/c1-2-3-24-31(38)33-34-30(37(29-22-14-7-15-23-29)35(33)26-16-8-4-9-17-26)25-32(39)36(34,27-18-10-5-11-19-27)28-20-12-6-13-21-28/h4-23,30,34H,2-3,24-25H2,1H3. The molecule has 1 fully saturated rings. The van der Waals surface area contributed by atoms with E-state index in [9.17, 15) is 9.59 Å². The van der Waals surface area contributed by atoms with Gasteiger partial charge in [-0.3, -0.25) is 9.59 Å². The van der Waals surface area contributed by atoms with Crippen LogP contribution in [-0.2, 0) is 15.0 Å². The lowest BCUT2D eigenvalue weighted by Crippen LogP contribution is -2.42. The molecule has 2 unspecified atom stereocenters. The van der Waals surface area contributed by atoms with Gasteiger partial charge < -0.3 is 4.90 Å². The van der Waals surface area contributed by atoms with E-state index in [4.69, 9.17) is 0 Å². The molecule has 6 rings (SSSR count). The van der Waals surface area contributed by atoms with E-state index in [-0.39, 0.29) is 23.5 Å². The van der Waals surface area contributed by atoms with Gasteiger partial charge in [0, 0.05) is 36.1 Å². The van der Waals surface area contributed by atoms with Crippen LogP contribution in [0.4, 0.5) is 5.69 Å². The molecule has 1 aliphatic carbocycles. The van der Waals surface area contributed by atoms with Crippen LogP contribution in [0.5, 0.6) is 0 Å². The number of unbranched alkanes of at least 4 members (excludes halogenated alkanes) is 1. The van der Waals surface area contributed by atoms with Gasteiger partial charge >= 0.3 is 0 Å². The summed E-state index contributed by atoms with van der Waals surface area (Å²) in [6.45, 7) is 2.12. The minimum absolute atomic E-state index is 0.148. The SMILES string of the molecule is CCCCC(=O)C1=C(c2ccccc2)N(c2ccccc2)C2CC(=O)C(c3ccccc3)(c3ccccc3)C12. The van der Waals surface area contributed by atoms with Crippen molar-refractivity contribution >= 4 is 23.0 Å². The lowest BCUT2D eigenvalue weighted by Gasteiger charge is -2.36. The Morgan fingerprint density at radius 3 is 1.82 bits per heavy atom. The summed E-state index contributed by atoms with van der Waals surface area (Å²) in [5.74, 6) is 0.00775. The summed E-state index contributed by atoms with van der Waals surface area (Å²) in [6.07, 6.45) is 2.61. The second-order valence-electron chi connectivity index (χ2n) is 10.6. The van der Waals surface area contributed by atoms with E-state index in [1.165, 1.54) is 0 Å². The topological polar surface area (TPSA) is 37.4 Å². The van der Waals surface area contributed by atoms with Crippen molar-refractivity contribution in [1.29, 1.82) is 0 Å². The highest BCUT2D eigenvalue weighted by molar-refractivity contribution is 6.12. The Kier molecular flexibility index (Phi) is 6.74. The van der Waals surface area contributed by atoms with E-state index in [0.29, 0.717) is 12.8 Å². The molecule has 0 amide bonds. The van der Waals surface area contributed by atoms with Crippen molar-refractivity contribution in [2.45, 2.75) is 44.1 Å². The molecule has 1 saturated carbocycles. The van der Waals surface area contributed by atoms with Gasteiger partial charge in [-0.15, -0.1) is 0 Å². The Bertz CT molecular complexity index is 1450. The number of carbonyl (C=O) groups excluding carboxylic acids is 2. The maximum atomic E-state index is 14.6. The number of fused-ring (bicyclic) bond motifs is 1. The summed E-state index contributed by atoms with van der Waals surface area (Å²) < 4.78 is 0. The fraction of sp³-hybridized carbons (Fsp3) is 0.222. The minimum atomic E-state index is -0.950. The molecule has 4 aromatic carbocycles. The summed E-state index contributed by atoms with van der Waals surface area (Å²) in [6, 6.07) is 40.6. The first kappa shape index (κ1) is 25.1. The van der Waals surface area contributed by atoms with Gasteiger partial charge in [0.05, 0.1) is 11.1 Å². The van der Waals surface area contributed by atoms with Gasteiger partial charge in [-0.05, 0) is 35.2 Å². The van der Waals surface area contributed by atoms with Gasteiger partial charge in [-0.2, -0.15) is 0 Å². The van der Waals surface area contributed by atoms with Crippen LogP contribution in [0.25, 0.3) is 5.70 Å². The summed E-state index contributed by atoms with van der Waals surface area (Å²) in [5, 5.41) is 0. The van der Waals surface area contributed by atoms with Crippen LogP contribution in [0, 0.1) is 5.92 Å². The zero-order valence-corrected chi connectivity index (χ0v) is 22.3. The van der Waals surface area contributed by atoms with E-state index in [1.54, 1.807) is 0 Å². The normalized spacial score (nSPS) is 19.8. The molecule has 1 heterocycles. The van der Waals surface area contributed by atoms with Crippen molar-refractivity contribution in [3.05, 3.63) is 144 Å². The van der Waals surface area contributed by atoms with Gasteiger partial charge in [0.25, 0.3) is 0 Å². The molecule has 2 aliphatic rings. The molecule has 2 atom stereocenters. The Morgan fingerprint density at radius 2 is 1.28 bits per heavy atom. The number of hydrogen-bond acceptors (Lipinski definition) is 3. The van der Waals surface area contributed by atoms with Crippen LogP contribution >= 0.6 is 0 Å². The molecule has 3 heteroatoms. The van der Waals surface area contributed by atoms with Crippen molar-refractivity contribution in [2.75, 3.05) is 4.90 Å². The summed E-state index contributed by atoms with van der Waals surface area (Å²) in [4.78, 5) is 31.2. The third kappa shape index (κ3) is 4.04. The maximum absolute atomic E-state index is 14.6. The molecule has 0 N–H and O–H groups in total. The smallest absolute Gasteiger partial charge is 0.161 e. The molecule has 3 nitrogen and oxygen atoms in total. The second kappa shape index (κ2) is 10.5. The molecule has 0 spiro atoms. The summed E-state index contributed by atoms with van der Waals surface area (Å²) in [5.41, 5.74) is 4.72. The lowest BCUT2D eigenvalue weighted by molar-refractivity contribution is -0.121. The fourth-order valence-electron chi connectivity index (χ4n) is 6.85. The van der Waals surface area contributed by atoms with Crippen molar-refractivity contribution in [2.24, 2.45) is 5.92 Å². The van der Waals surface area contributed by atoms with Crippen LogP contribution < -0.4 is 4.90 Å². The van der Waals surface area contributed by atoms with E-state index >= 15 is 0 Å². The molecule has 4 aromatic rings. The monoisotopic (exact) mass is 511 g/mol. The van der Waals surface area contributed by atoms with Gasteiger partial charge in [0.2, 0.25) is 0 Å². The molecular formula is C36H33NO2. The molecule has 0 saturated heterocycles. The first-order valence-corrected chi connectivity index (χ1v) is 14.0. The van der Waals surface area contributed by atoms with E-state index in [2.05, 4.69) is 60.4 Å². The highest BCUT2D eigenvalue weighted by Crippen LogP contribution is 2.59. The molecular weight excluding hydrogens is 478 g/mol. The first-order chi connectivity index (χ1) is 19.2. The second-order valence-corrected chi connectivity index (χ2v) is 10.6. The van der Waals surface area contributed by atoms with Gasteiger partial charge in [-0.1, -0.05) is 123 Å². The van der Waals surface area contributed by atoms with Gasteiger partial charge in [0.1, 0.15) is 0 Å². The number of anilines is 1. The van der Waals surface area contributed by atoms with Crippen molar-refractivity contribution < 1.29 is 9.59 Å². The number of carbonyl (C=O) groups is 2. The lowest BCUT2D eigenvalue weighted by atomic mass is 9.63. The van der Waals surface area contributed by atoms with Gasteiger partial charge in [-0.25, -0.2) is 0 Å². The zero-order chi connectivity index (χ0) is 26.8. The average Bonchev–Trinajstić information content (AvgIpc) is 3.48. The Labute approximate surface area is 230 Å². The highest BCUT2D eigenvalue weighted by Gasteiger charge is 2.64. The molecule has 0 aromatic heterocycles. The fourth-order valence-corrected chi connectivity index (χ4v) is 6.85. The third-order valence-corrected chi connectivity index (χ3v) is 8.42. The van der Waals surface area contributed by atoms with E-state index < -0.39 is 5.41 Å². The van der Waals surface area contributed by atoms with Crippen LogP contribution in [0.3, 0.4) is 0 Å². The van der Waals surface area contributed by atoms with Crippen LogP contribution in [0.15, 0.2) is 127 Å². The highest BCUT2D eigenvalue weighted by atomic mass is 16.1. The van der Waals surface area contributed by atoms with Crippen LogP contribution in [0.1, 0.15) is 49.3 Å². The summed E-state index contributed by atoms with van der Waals surface area (Å²) >= 11 is 0. The van der Waals surface area contributed by atoms with E-state index in [1.807, 2.05) is 72.8 Å². The number of para-hydroxylation sites is 1. The zero-order valence-electron chi connectivity index (χ0n) is 22.3. The molecule has 39 heavy (non-hydrogen) atoms. The predicted molar refractivity (Wildman–Crippen MR) is 157 cm³/mol. The number of Topliss-reactive ketones (excluding diaryl/α,β-unsaturated/α-hetero) is 2. The maximum Gasteiger partial charge on any atom is 0.161 e. The van der Waals surface area contributed by atoms with Crippen LogP contribution in [-0.4, -0.2) is 17.6 Å². The van der Waals surface area contributed by atoms with Crippen molar-refractivity contribution in [1.82, 2.24) is 0 Å². The molecule has 1 aliphatic heterocycles. The Balaban J connectivity index is 1.70. The first-order valence-electron chi connectivity index (χ1n) is 14.0. The van der Waals surface area contributed by atoms with Crippen molar-refractivity contribution in [3.63, 3.8) is 0 Å². The van der Waals surface area contributed by atoms with Crippen molar-refractivity contribution in [3.8, 4) is 0 Å². The Hall–Kier alpha value is -4.24. The average molecular weight is 512 g/mol. The van der Waals surface area contributed by atoms with E-state index in [0.717, 1.165) is 46.5 Å². The predicted octanol–water partition coefficient (Wildman–Crippen LogP) is 7.62. The minimum Gasteiger partial charge on any atom is -0.336 e. The largest absolute Gasteiger partial charge is 0.336 e. The number of benzene rings is 4. The molecule has 0 radical (unpaired) electrons. The number of nitrogens with zero attached hydrogens (tertiary/aromatic N) is 1. The quantitative estimate of drug-likeness (QED) is 0.244. The molecule has 0 bridgehead atoms. The number of ketones is 2. The third-order valence-electron chi connectivity index (χ3n) is 8.42. The number of hydrogen-bond donors (Lipinski definition) is 0. The van der Waals surface area contributed by atoms with Gasteiger partial charge in [0.15, 0.2) is 11.6 Å².